The average molecular weight is 412 g/mol. The van der Waals surface area contributed by atoms with Gasteiger partial charge in [0.15, 0.2) is 0 Å². The van der Waals surface area contributed by atoms with Crippen LogP contribution in [0.25, 0.3) is 0 Å². The molecule has 1 N–H and O–H groups in total. The van der Waals surface area contributed by atoms with Crippen molar-refractivity contribution in [3.8, 4) is 5.75 Å². The molecule has 2 nitrogen and oxygen atoms in total. The van der Waals surface area contributed by atoms with Gasteiger partial charge in [0.2, 0.25) is 0 Å². The Balaban J connectivity index is 1.70. The van der Waals surface area contributed by atoms with Crippen LogP contribution in [-0.2, 0) is 6.42 Å². The van der Waals surface area contributed by atoms with Crippen LogP contribution in [0.4, 0.5) is 0 Å². The van der Waals surface area contributed by atoms with Gasteiger partial charge in [-0.3, -0.25) is 0 Å². The predicted octanol–water partition coefficient (Wildman–Crippen LogP) is 3.38. The molecule has 1 aromatic rings. The van der Waals surface area contributed by atoms with E-state index in [-0.39, 0.29) is 20.9 Å². The van der Waals surface area contributed by atoms with E-state index in [2.05, 4.69) is 24.8 Å². The normalized spacial score (nSPS) is 39.5. The van der Waals surface area contributed by atoms with Crippen molar-refractivity contribution in [2.45, 2.75) is 39.7 Å². The van der Waals surface area contributed by atoms with Crippen molar-refractivity contribution in [3.63, 3.8) is 0 Å². The number of aryl methyl sites for hydroxylation is 1. The predicted molar refractivity (Wildman–Crippen MR) is 89.5 cm³/mol. The van der Waals surface area contributed by atoms with Gasteiger partial charge in [-0.25, -0.2) is 0 Å². The molecule has 1 heterocycles. The summed E-state index contributed by atoms with van der Waals surface area (Å²) in [5.74, 6) is 2.49. The zero-order valence-electron chi connectivity index (χ0n) is 13.1. The van der Waals surface area contributed by atoms with Gasteiger partial charge >= 0.3 is 143 Å². The molecule has 0 amide bonds. The molecule has 0 unspecified atom stereocenters. The van der Waals surface area contributed by atoms with Gasteiger partial charge in [0.05, 0.1) is 0 Å². The van der Waals surface area contributed by atoms with E-state index >= 15 is 0 Å². The molecule has 0 aromatic heterocycles. The molecular weight excluding hydrogens is 388 g/mol. The molecule has 1 aromatic carbocycles. The van der Waals surface area contributed by atoms with Crippen molar-refractivity contribution in [3.05, 3.63) is 42.0 Å². The third-order valence-corrected chi connectivity index (χ3v) is 10.7. The Hall–Kier alpha value is -0.490. The van der Waals surface area contributed by atoms with E-state index < -0.39 is 5.60 Å². The van der Waals surface area contributed by atoms with E-state index in [1.54, 1.807) is 12.7 Å². The molecule has 0 bridgehead atoms. The first-order valence-corrected chi connectivity index (χ1v) is 11.3. The van der Waals surface area contributed by atoms with Crippen LogP contribution in [0.15, 0.2) is 30.9 Å². The SMILES string of the molecule is C=C[C@@H]1CC[C@H]2[C@@H]3CCc4ccc(OC)cc4[C@@H]3[Te]C[C@@]12O. The van der Waals surface area contributed by atoms with Gasteiger partial charge in [0.1, 0.15) is 0 Å². The van der Waals surface area contributed by atoms with Crippen LogP contribution in [-0.4, -0.2) is 38.7 Å². The Morgan fingerprint density at radius 1 is 1.36 bits per heavy atom. The Morgan fingerprint density at radius 3 is 3.00 bits per heavy atom. The van der Waals surface area contributed by atoms with E-state index in [0.29, 0.717) is 17.8 Å². The molecule has 1 saturated carbocycles. The molecule has 0 spiro atoms. The van der Waals surface area contributed by atoms with Crippen LogP contribution in [0, 0.1) is 17.8 Å². The summed E-state index contributed by atoms with van der Waals surface area (Å²) < 4.78 is 7.24. The maximum atomic E-state index is 11.3. The van der Waals surface area contributed by atoms with Gasteiger partial charge in [-0.15, -0.1) is 0 Å². The first-order valence-electron chi connectivity index (χ1n) is 8.30. The second-order valence-corrected chi connectivity index (χ2v) is 10.2. The minimum absolute atomic E-state index is 0.228. The minimum atomic E-state index is -0.429. The van der Waals surface area contributed by atoms with E-state index in [0.717, 1.165) is 20.6 Å². The second-order valence-electron chi connectivity index (χ2n) is 7.02. The number of hydrogen-bond acceptors (Lipinski definition) is 2. The molecule has 118 valence electrons. The third-order valence-electron chi connectivity index (χ3n) is 6.16. The molecule has 1 aliphatic heterocycles. The maximum absolute atomic E-state index is 11.3. The van der Waals surface area contributed by atoms with Crippen molar-refractivity contribution < 1.29 is 9.84 Å². The fourth-order valence-electron chi connectivity index (χ4n) is 5.00. The van der Waals surface area contributed by atoms with Gasteiger partial charge in [0.25, 0.3) is 0 Å². The summed E-state index contributed by atoms with van der Waals surface area (Å²) in [5.41, 5.74) is 2.64. The number of hydrogen-bond donors (Lipinski definition) is 1. The van der Waals surface area contributed by atoms with Crippen LogP contribution in [0.3, 0.4) is 0 Å². The summed E-state index contributed by atoms with van der Waals surface area (Å²) in [7, 11) is 1.75. The molecule has 4 rings (SSSR count). The molecule has 22 heavy (non-hydrogen) atoms. The number of aliphatic hydroxyl groups is 1. The van der Waals surface area contributed by atoms with Crippen molar-refractivity contribution in [1.29, 1.82) is 0 Å². The van der Waals surface area contributed by atoms with Crippen molar-refractivity contribution in [2.24, 2.45) is 17.8 Å². The van der Waals surface area contributed by atoms with E-state index in [1.165, 1.54) is 24.8 Å². The fraction of sp³-hybridized carbons (Fsp3) is 0.579. The van der Waals surface area contributed by atoms with Gasteiger partial charge in [0, 0.05) is 0 Å². The van der Waals surface area contributed by atoms with Gasteiger partial charge in [-0.05, 0) is 0 Å². The zero-order chi connectivity index (χ0) is 15.3. The van der Waals surface area contributed by atoms with Gasteiger partial charge in [-0.1, -0.05) is 0 Å². The third kappa shape index (κ3) is 2.09. The summed E-state index contributed by atoms with van der Waals surface area (Å²) >= 11 is -0.228. The van der Waals surface area contributed by atoms with Crippen molar-refractivity contribution >= 4 is 20.9 Å². The fourth-order valence-corrected chi connectivity index (χ4v) is 10.3. The molecule has 2 aliphatic carbocycles. The van der Waals surface area contributed by atoms with Gasteiger partial charge < -0.3 is 0 Å². The van der Waals surface area contributed by atoms with Crippen LogP contribution in [0.2, 0.25) is 4.47 Å². The molecule has 0 radical (unpaired) electrons. The van der Waals surface area contributed by atoms with E-state index in [4.69, 9.17) is 4.74 Å². The number of ether oxygens (including phenoxy) is 1. The van der Waals surface area contributed by atoms with Crippen LogP contribution >= 0.6 is 0 Å². The first-order chi connectivity index (χ1) is 10.7. The monoisotopic (exact) mass is 414 g/mol. The Labute approximate surface area is 143 Å². The Kier molecular flexibility index (Phi) is 3.80. The zero-order valence-corrected chi connectivity index (χ0v) is 15.5. The molecule has 3 heteroatoms. The molecule has 3 aliphatic rings. The summed E-state index contributed by atoms with van der Waals surface area (Å²) in [6.45, 7) is 3.98. The van der Waals surface area contributed by atoms with Crippen LogP contribution < -0.4 is 4.74 Å². The summed E-state index contributed by atoms with van der Waals surface area (Å²) in [5, 5.41) is 11.3. The number of benzene rings is 1. The number of methoxy groups -OCH3 is 1. The van der Waals surface area contributed by atoms with Crippen LogP contribution in [0.5, 0.6) is 5.75 Å². The topological polar surface area (TPSA) is 29.5 Å². The van der Waals surface area contributed by atoms with E-state index in [1.807, 2.05) is 6.08 Å². The Morgan fingerprint density at radius 2 is 2.23 bits per heavy atom. The molecule has 1 saturated heterocycles. The van der Waals surface area contributed by atoms with E-state index in [9.17, 15) is 5.11 Å². The van der Waals surface area contributed by atoms with Crippen LogP contribution in [0.1, 0.15) is 34.4 Å². The number of fused-ring (bicyclic) bond motifs is 5. The summed E-state index contributed by atoms with van der Waals surface area (Å²) in [6, 6.07) is 6.64. The van der Waals surface area contributed by atoms with Gasteiger partial charge in [-0.2, -0.15) is 0 Å². The number of rotatable bonds is 2. The standard InChI is InChI=1S/C19H24O2Te/c1-3-13-6-9-17-15-8-5-12-4-7-14(21-2)10-16(12)18(15)22-11-19(13,17)20/h3-4,7,10,13,15,17-18,20H,1,5-6,8-9,11H2,2H3/t13-,15+,17+,18-,19-/m1/s1. The Bertz CT molecular complexity index is 599. The molecule has 5 atom stereocenters. The summed E-state index contributed by atoms with van der Waals surface area (Å²) in [6.07, 6.45) is 6.75. The first kappa shape index (κ1) is 15.1. The quantitative estimate of drug-likeness (QED) is 0.597. The average Bonchev–Trinajstić information content (AvgIpc) is 2.90. The molecule has 2 fully saturated rings. The summed E-state index contributed by atoms with van der Waals surface area (Å²) in [4.78, 5) is 0. The van der Waals surface area contributed by atoms with Crippen molar-refractivity contribution in [1.82, 2.24) is 0 Å². The second kappa shape index (κ2) is 5.55. The molecular formula is C19H24O2Te. The van der Waals surface area contributed by atoms with Crippen molar-refractivity contribution in [2.75, 3.05) is 7.11 Å².